The largest absolute Gasteiger partial charge is 0.476 e. The van der Waals surface area contributed by atoms with Crippen LogP contribution in [0.4, 0.5) is 17.6 Å². The lowest BCUT2D eigenvalue weighted by atomic mass is 10.1. The molecule has 2 heterocycles. The average molecular weight is 364 g/mol. The minimum atomic E-state index is -4.76. The standard InChI is InChI=1S/C18H12F4N2O2/c1-2-4-14-15(17(25)26)23-16-13(18(20,21)22)8-11(9-24(14)16)10-5-3-6-12(19)7-10/h2-9H,1H3,(H,25,26). The molecule has 0 radical (unpaired) electrons. The molecule has 2 aromatic heterocycles. The second-order valence-electron chi connectivity index (χ2n) is 5.49. The Labute approximate surface area is 145 Å². The molecule has 0 aliphatic carbocycles. The fraction of sp³-hybridized carbons (Fsp3) is 0.111. The van der Waals surface area contributed by atoms with Crippen LogP contribution in [0.1, 0.15) is 28.7 Å². The first-order valence-electron chi connectivity index (χ1n) is 7.47. The Morgan fingerprint density at radius 1 is 1.23 bits per heavy atom. The van der Waals surface area contributed by atoms with Gasteiger partial charge in [-0.05, 0) is 42.3 Å². The maximum atomic E-state index is 13.5. The van der Waals surface area contributed by atoms with Crippen LogP contribution in [0.25, 0.3) is 22.9 Å². The highest BCUT2D eigenvalue weighted by molar-refractivity contribution is 5.91. The van der Waals surface area contributed by atoms with Crippen molar-refractivity contribution in [1.82, 2.24) is 9.38 Å². The molecule has 1 aromatic carbocycles. The summed E-state index contributed by atoms with van der Waals surface area (Å²) in [4.78, 5) is 15.1. The molecule has 0 bridgehead atoms. The molecule has 1 N–H and O–H groups in total. The van der Waals surface area contributed by atoms with Gasteiger partial charge in [0.25, 0.3) is 0 Å². The molecular formula is C18H12F4N2O2. The molecule has 3 aromatic rings. The summed E-state index contributed by atoms with van der Waals surface area (Å²) in [7, 11) is 0. The van der Waals surface area contributed by atoms with E-state index in [1.165, 1.54) is 36.5 Å². The number of hydrogen-bond donors (Lipinski definition) is 1. The zero-order chi connectivity index (χ0) is 19.1. The fourth-order valence-electron chi connectivity index (χ4n) is 2.67. The van der Waals surface area contributed by atoms with E-state index in [1.54, 1.807) is 6.92 Å². The summed E-state index contributed by atoms with van der Waals surface area (Å²) in [6.07, 6.45) is -0.593. The quantitative estimate of drug-likeness (QED) is 0.673. The van der Waals surface area contributed by atoms with Gasteiger partial charge in [0.05, 0.1) is 11.3 Å². The molecule has 0 saturated heterocycles. The number of carboxylic acids is 1. The molecule has 0 aliphatic rings. The van der Waals surface area contributed by atoms with Crippen LogP contribution in [0, 0.1) is 5.82 Å². The SMILES string of the molecule is CC=Cc1c(C(=O)O)nc2c(C(F)(F)F)cc(-c3cccc(F)c3)cn12. The van der Waals surface area contributed by atoms with Crippen molar-refractivity contribution in [2.24, 2.45) is 0 Å². The zero-order valence-corrected chi connectivity index (χ0v) is 13.4. The summed E-state index contributed by atoms with van der Waals surface area (Å²) in [6, 6.07) is 5.96. The van der Waals surface area contributed by atoms with Crippen LogP contribution in [0.3, 0.4) is 0 Å². The Morgan fingerprint density at radius 3 is 2.54 bits per heavy atom. The Bertz CT molecular complexity index is 1040. The van der Waals surface area contributed by atoms with Crippen LogP contribution in [0.15, 0.2) is 42.6 Å². The van der Waals surface area contributed by atoms with E-state index in [0.717, 1.165) is 16.5 Å². The van der Waals surface area contributed by atoms with E-state index in [4.69, 9.17) is 0 Å². The van der Waals surface area contributed by atoms with Crippen LogP contribution in [-0.2, 0) is 6.18 Å². The molecule has 4 nitrogen and oxygen atoms in total. The maximum absolute atomic E-state index is 13.5. The molecule has 0 spiro atoms. The van der Waals surface area contributed by atoms with Crippen molar-refractivity contribution in [3.8, 4) is 11.1 Å². The number of fused-ring (bicyclic) bond motifs is 1. The van der Waals surface area contributed by atoms with E-state index in [-0.39, 0.29) is 16.8 Å². The molecule has 134 valence electrons. The molecule has 0 aliphatic heterocycles. The average Bonchev–Trinajstić information content (AvgIpc) is 2.92. The van der Waals surface area contributed by atoms with Gasteiger partial charge < -0.3 is 5.11 Å². The minimum Gasteiger partial charge on any atom is -0.476 e. The van der Waals surface area contributed by atoms with Crippen molar-refractivity contribution in [2.45, 2.75) is 13.1 Å². The number of imidazole rings is 1. The number of benzene rings is 1. The smallest absolute Gasteiger partial charge is 0.420 e. The van der Waals surface area contributed by atoms with E-state index in [1.807, 2.05) is 0 Å². The maximum Gasteiger partial charge on any atom is 0.420 e. The Balaban J connectivity index is 2.43. The zero-order valence-electron chi connectivity index (χ0n) is 13.4. The third kappa shape index (κ3) is 3.05. The van der Waals surface area contributed by atoms with E-state index in [0.29, 0.717) is 0 Å². The number of carbonyl (C=O) groups is 1. The van der Waals surface area contributed by atoms with Crippen molar-refractivity contribution < 1.29 is 27.5 Å². The molecule has 3 rings (SSSR count). The molecule has 26 heavy (non-hydrogen) atoms. The summed E-state index contributed by atoms with van der Waals surface area (Å²) in [5.41, 5.74) is -1.80. The summed E-state index contributed by atoms with van der Waals surface area (Å²) in [6.45, 7) is 1.60. The molecule has 0 saturated carbocycles. The van der Waals surface area contributed by atoms with Gasteiger partial charge in [0.1, 0.15) is 5.82 Å². The van der Waals surface area contributed by atoms with E-state index >= 15 is 0 Å². The van der Waals surface area contributed by atoms with Gasteiger partial charge in [0.15, 0.2) is 11.3 Å². The Hall–Kier alpha value is -3.16. The third-order valence-electron chi connectivity index (χ3n) is 3.75. The monoisotopic (exact) mass is 364 g/mol. The second kappa shape index (κ2) is 6.29. The number of allylic oxidation sites excluding steroid dienone is 1. The first-order chi connectivity index (χ1) is 12.2. The van der Waals surface area contributed by atoms with Gasteiger partial charge in [-0.2, -0.15) is 13.2 Å². The Morgan fingerprint density at radius 2 is 1.96 bits per heavy atom. The fourth-order valence-corrected chi connectivity index (χ4v) is 2.67. The van der Waals surface area contributed by atoms with Crippen molar-refractivity contribution in [2.75, 3.05) is 0 Å². The highest BCUT2D eigenvalue weighted by Gasteiger charge is 2.36. The van der Waals surface area contributed by atoms with Gasteiger partial charge >= 0.3 is 12.1 Å². The van der Waals surface area contributed by atoms with Crippen molar-refractivity contribution >= 4 is 17.7 Å². The molecule has 0 unspecified atom stereocenters. The number of halogens is 4. The van der Waals surface area contributed by atoms with Crippen LogP contribution >= 0.6 is 0 Å². The van der Waals surface area contributed by atoms with Gasteiger partial charge in [0.2, 0.25) is 0 Å². The van der Waals surface area contributed by atoms with E-state index in [2.05, 4.69) is 4.98 Å². The molecule has 0 atom stereocenters. The number of aromatic nitrogens is 2. The third-order valence-corrected chi connectivity index (χ3v) is 3.75. The van der Waals surface area contributed by atoms with Crippen LogP contribution < -0.4 is 0 Å². The second-order valence-corrected chi connectivity index (χ2v) is 5.49. The van der Waals surface area contributed by atoms with Gasteiger partial charge in [-0.3, -0.25) is 4.40 Å². The highest BCUT2D eigenvalue weighted by Crippen LogP contribution is 2.36. The predicted molar refractivity (Wildman–Crippen MR) is 87.3 cm³/mol. The topological polar surface area (TPSA) is 54.6 Å². The van der Waals surface area contributed by atoms with Crippen molar-refractivity contribution in [3.05, 3.63) is 65.4 Å². The predicted octanol–water partition coefficient (Wildman–Crippen LogP) is 4.89. The number of hydrogen-bond acceptors (Lipinski definition) is 2. The number of pyridine rings is 1. The van der Waals surface area contributed by atoms with Gasteiger partial charge in [-0.15, -0.1) is 0 Å². The number of nitrogens with zero attached hydrogens (tertiary/aromatic N) is 2. The first-order valence-corrected chi connectivity index (χ1v) is 7.47. The lowest BCUT2D eigenvalue weighted by Crippen LogP contribution is -2.08. The normalized spacial score (nSPS) is 12.2. The van der Waals surface area contributed by atoms with Gasteiger partial charge in [-0.25, -0.2) is 14.2 Å². The van der Waals surface area contributed by atoms with E-state index in [9.17, 15) is 27.5 Å². The van der Waals surface area contributed by atoms with Crippen LogP contribution in [0.5, 0.6) is 0 Å². The van der Waals surface area contributed by atoms with Crippen LogP contribution in [0.2, 0.25) is 0 Å². The Kier molecular flexibility index (Phi) is 4.27. The first kappa shape index (κ1) is 17.7. The molecular weight excluding hydrogens is 352 g/mol. The lowest BCUT2D eigenvalue weighted by Gasteiger charge is -2.12. The molecule has 8 heteroatoms. The number of rotatable bonds is 3. The summed E-state index contributed by atoms with van der Waals surface area (Å²) >= 11 is 0. The van der Waals surface area contributed by atoms with E-state index < -0.39 is 34.9 Å². The van der Waals surface area contributed by atoms with Crippen molar-refractivity contribution in [3.63, 3.8) is 0 Å². The van der Waals surface area contributed by atoms with Gasteiger partial charge in [-0.1, -0.05) is 18.2 Å². The minimum absolute atomic E-state index is 0.00115. The van der Waals surface area contributed by atoms with Crippen LogP contribution in [-0.4, -0.2) is 20.5 Å². The highest BCUT2D eigenvalue weighted by atomic mass is 19.4. The van der Waals surface area contributed by atoms with Crippen molar-refractivity contribution in [1.29, 1.82) is 0 Å². The summed E-state index contributed by atoms with van der Waals surface area (Å²) in [5.74, 6) is -2.04. The summed E-state index contributed by atoms with van der Waals surface area (Å²) in [5, 5.41) is 9.27. The molecule has 0 fully saturated rings. The lowest BCUT2D eigenvalue weighted by molar-refractivity contribution is -0.136. The number of alkyl halides is 3. The molecule has 0 amide bonds. The number of aromatic carboxylic acids is 1. The van der Waals surface area contributed by atoms with Gasteiger partial charge in [0, 0.05) is 6.20 Å². The number of carboxylic acid groups (broad SMARTS) is 1. The summed E-state index contributed by atoms with van der Waals surface area (Å²) < 4.78 is 55.1.